The van der Waals surface area contributed by atoms with E-state index in [1.165, 1.54) is 19.2 Å². The summed E-state index contributed by atoms with van der Waals surface area (Å²) in [5, 5.41) is 2.89. The van der Waals surface area contributed by atoms with Gasteiger partial charge < -0.3 is 5.32 Å². The van der Waals surface area contributed by atoms with Crippen molar-refractivity contribution in [1.82, 2.24) is 9.62 Å². The predicted molar refractivity (Wildman–Crippen MR) is 93.9 cm³/mol. The maximum Gasteiger partial charge on any atom is 0.243 e. The van der Waals surface area contributed by atoms with E-state index in [-0.39, 0.29) is 23.4 Å². The van der Waals surface area contributed by atoms with Gasteiger partial charge in [-0.3, -0.25) is 4.79 Å². The Hall–Kier alpha value is -2.18. The van der Waals surface area contributed by atoms with Gasteiger partial charge in [0.05, 0.1) is 17.5 Å². The fourth-order valence-electron chi connectivity index (χ4n) is 2.41. The SMILES string of the molecule is CC[C@@H](NC(=O)CN(C)S(=O)(=O)c1ccccc1)c1ccccc1. The predicted octanol–water partition coefficient (Wildman–Crippen LogP) is 2.57. The third-order valence-electron chi connectivity index (χ3n) is 3.76. The monoisotopic (exact) mass is 346 g/mol. The van der Waals surface area contributed by atoms with Crippen LogP contribution in [0, 0.1) is 0 Å². The Labute approximate surface area is 143 Å². The van der Waals surface area contributed by atoms with Crippen LogP contribution in [0.3, 0.4) is 0 Å². The van der Waals surface area contributed by atoms with Crippen molar-refractivity contribution in [2.45, 2.75) is 24.3 Å². The zero-order valence-electron chi connectivity index (χ0n) is 13.8. The van der Waals surface area contributed by atoms with E-state index in [0.717, 1.165) is 16.3 Å². The van der Waals surface area contributed by atoms with E-state index < -0.39 is 10.0 Å². The van der Waals surface area contributed by atoms with Gasteiger partial charge in [0.25, 0.3) is 0 Å². The largest absolute Gasteiger partial charge is 0.348 e. The molecule has 0 aliphatic carbocycles. The summed E-state index contributed by atoms with van der Waals surface area (Å²) in [5.41, 5.74) is 1.00. The Morgan fingerprint density at radius 3 is 2.12 bits per heavy atom. The number of likely N-dealkylation sites (N-methyl/N-ethyl adjacent to an activating group) is 1. The molecule has 0 radical (unpaired) electrons. The van der Waals surface area contributed by atoms with Gasteiger partial charge in [0.2, 0.25) is 15.9 Å². The number of carbonyl (C=O) groups excluding carboxylic acids is 1. The third kappa shape index (κ3) is 4.43. The van der Waals surface area contributed by atoms with Gasteiger partial charge in [-0.1, -0.05) is 55.5 Å². The first kappa shape index (κ1) is 18.2. The quantitative estimate of drug-likeness (QED) is 0.838. The normalized spacial score (nSPS) is 12.8. The fourth-order valence-corrected chi connectivity index (χ4v) is 3.55. The summed E-state index contributed by atoms with van der Waals surface area (Å²) in [7, 11) is -2.26. The fraction of sp³-hybridized carbons (Fsp3) is 0.278. The van der Waals surface area contributed by atoms with Crippen LogP contribution < -0.4 is 5.32 Å². The van der Waals surface area contributed by atoms with E-state index in [0.29, 0.717) is 0 Å². The molecule has 1 N–H and O–H groups in total. The Balaban J connectivity index is 2.03. The summed E-state index contributed by atoms with van der Waals surface area (Å²) in [6.07, 6.45) is 0.727. The number of nitrogens with zero attached hydrogens (tertiary/aromatic N) is 1. The lowest BCUT2D eigenvalue weighted by Gasteiger charge is -2.21. The topological polar surface area (TPSA) is 66.5 Å². The molecule has 2 rings (SSSR count). The first-order valence-corrected chi connectivity index (χ1v) is 9.25. The van der Waals surface area contributed by atoms with Gasteiger partial charge in [0, 0.05) is 7.05 Å². The maximum absolute atomic E-state index is 12.4. The van der Waals surface area contributed by atoms with E-state index in [4.69, 9.17) is 0 Å². The number of carbonyl (C=O) groups is 1. The summed E-state index contributed by atoms with van der Waals surface area (Å²) in [6, 6.07) is 17.6. The molecule has 2 aromatic rings. The molecule has 6 heteroatoms. The summed E-state index contributed by atoms with van der Waals surface area (Å²) in [5.74, 6) is -0.326. The molecule has 0 fully saturated rings. The van der Waals surface area contributed by atoms with Gasteiger partial charge in [-0.25, -0.2) is 8.42 Å². The van der Waals surface area contributed by atoms with Gasteiger partial charge in [-0.2, -0.15) is 4.31 Å². The van der Waals surface area contributed by atoms with E-state index in [2.05, 4.69) is 5.32 Å². The summed E-state index contributed by atoms with van der Waals surface area (Å²) in [6.45, 7) is 1.75. The van der Waals surface area contributed by atoms with Crippen LogP contribution >= 0.6 is 0 Å². The Bertz CT molecular complexity index is 761. The molecule has 0 heterocycles. The molecule has 0 unspecified atom stereocenters. The van der Waals surface area contributed by atoms with Gasteiger partial charge in [0.1, 0.15) is 0 Å². The van der Waals surface area contributed by atoms with Crippen molar-refractivity contribution >= 4 is 15.9 Å². The van der Waals surface area contributed by atoms with Crippen LogP contribution in [0.15, 0.2) is 65.6 Å². The molecule has 5 nitrogen and oxygen atoms in total. The zero-order chi connectivity index (χ0) is 17.6. The highest BCUT2D eigenvalue weighted by Gasteiger charge is 2.23. The highest BCUT2D eigenvalue weighted by atomic mass is 32.2. The minimum atomic E-state index is -3.67. The average molecular weight is 346 g/mol. The number of amides is 1. The molecule has 0 saturated carbocycles. The molecule has 0 bridgehead atoms. The summed E-state index contributed by atoms with van der Waals surface area (Å²) < 4.78 is 25.9. The highest BCUT2D eigenvalue weighted by Crippen LogP contribution is 2.17. The maximum atomic E-state index is 12.4. The first-order valence-electron chi connectivity index (χ1n) is 7.81. The number of rotatable bonds is 7. The van der Waals surface area contributed by atoms with Crippen molar-refractivity contribution in [2.24, 2.45) is 0 Å². The van der Waals surface area contributed by atoms with E-state index in [9.17, 15) is 13.2 Å². The molecule has 0 aromatic heterocycles. The lowest BCUT2D eigenvalue weighted by Crippen LogP contribution is -2.39. The van der Waals surface area contributed by atoms with Crippen molar-refractivity contribution < 1.29 is 13.2 Å². The van der Waals surface area contributed by atoms with E-state index >= 15 is 0 Å². The Kier molecular flexibility index (Phi) is 6.11. The third-order valence-corrected chi connectivity index (χ3v) is 5.58. The number of nitrogens with one attached hydrogen (secondary N) is 1. The zero-order valence-corrected chi connectivity index (χ0v) is 14.7. The standard InChI is InChI=1S/C18H22N2O3S/c1-3-17(15-10-6-4-7-11-15)19-18(21)14-20(2)24(22,23)16-12-8-5-9-13-16/h4-13,17H,3,14H2,1-2H3,(H,19,21)/t17-/m1/s1. The molecular formula is C18H22N2O3S. The van der Waals surface area contributed by atoms with Crippen LogP contribution in [0.4, 0.5) is 0 Å². The molecular weight excluding hydrogens is 324 g/mol. The van der Waals surface area contributed by atoms with Crippen molar-refractivity contribution in [3.63, 3.8) is 0 Å². The number of hydrogen-bond acceptors (Lipinski definition) is 3. The highest BCUT2D eigenvalue weighted by molar-refractivity contribution is 7.89. The average Bonchev–Trinajstić information content (AvgIpc) is 2.61. The molecule has 1 atom stereocenters. The van der Waals surface area contributed by atoms with Gasteiger partial charge in [0.15, 0.2) is 0 Å². The molecule has 24 heavy (non-hydrogen) atoms. The lowest BCUT2D eigenvalue weighted by molar-refractivity contribution is -0.121. The second-order valence-electron chi connectivity index (χ2n) is 5.51. The summed E-state index contributed by atoms with van der Waals surface area (Å²) in [4.78, 5) is 12.4. The first-order chi connectivity index (χ1) is 11.4. The number of hydrogen-bond donors (Lipinski definition) is 1. The van der Waals surface area contributed by atoms with E-state index in [1.807, 2.05) is 37.3 Å². The minimum Gasteiger partial charge on any atom is -0.348 e. The molecule has 1 amide bonds. The molecule has 0 aliphatic rings. The number of sulfonamides is 1. The molecule has 128 valence electrons. The molecule has 0 aliphatic heterocycles. The van der Waals surface area contributed by atoms with Gasteiger partial charge >= 0.3 is 0 Å². The summed E-state index contributed by atoms with van der Waals surface area (Å²) >= 11 is 0. The second-order valence-corrected chi connectivity index (χ2v) is 7.56. The van der Waals surface area contributed by atoms with E-state index in [1.54, 1.807) is 18.2 Å². The van der Waals surface area contributed by atoms with Crippen LogP contribution in [0.25, 0.3) is 0 Å². The van der Waals surface area contributed by atoms with Crippen molar-refractivity contribution in [3.05, 3.63) is 66.2 Å². The van der Waals surface area contributed by atoms with Crippen molar-refractivity contribution in [3.8, 4) is 0 Å². The lowest BCUT2D eigenvalue weighted by atomic mass is 10.0. The van der Waals surface area contributed by atoms with Crippen molar-refractivity contribution in [1.29, 1.82) is 0 Å². The van der Waals surface area contributed by atoms with Crippen LogP contribution in [-0.4, -0.2) is 32.2 Å². The smallest absolute Gasteiger partial charge is 0.243 e. The van der Waals surface area contributed by atoms with Gasteiger partial charge in [-0.15, -0.1) is 0 Å². The molecule has 0 spiro atoms. The Morgan fingerprint density at radius 2 is 1.58 bits per heavy atom. The second kappa shape index (κ2) is 8.08. The minimum absolute atomic E-state index is 0.133. The van der Waals surface area contributed by atoms with Crippen LogP contribution in [0.2, 0.25) is 0 Å². The molecule has 0 saturated heterocycles. The van der Waals surface area contributed by atoms with Gasteiger partial charge in [-0.05, 0) is 24.1 Å². The Morgan fingerprint density at radius 1 is 1.04 bits per heavy atom. The van der Waals surface area contributed by atoms with Crippen molar-refractivity contribution in [2.75, 3.05) is 13.6 Å². The molecule has 2 aromatic carbocycles. The van der Waals surface area contributed by atoms with Crippen LogP contribution in [-0.2, 0) is 14.8 Å². The van der Waals surface area contributed by atoms with Crippen LogP contribution in [0.1, 0.15) is 24.9 Å². The number of benzene rings is 2. The van der Waals surface area contributed by atoms with Crippen LogP contribution in [0.5, 0.6) is 0 Å².